The largest absolute Gasteiger partial charge is 0.480 e. The Morgan fingerprint density at radius 3 is 3.00 bits per heavy atom. The first kappa shape index (κ1) is 14.4. The summed E-state index contributed by atoms with van der Waals surface area (Å²) in [6.45, 7) is 1.21. The first-order valence-corrected chi connectivity index (χ1v) is 6.90. The molecule has 0 spiro atoms. The number of halogens is 2. The summed E-state index contributed by atoms with van der Waals surface area (Å²) in [7, 11) is 0. The molecule has 1 heterocycles. The minimum absolute atomic E-state index is 0.0609. The van der Waals surface area contributed by atoms with Crippen molar-refractivity contribution in [3.8, 4) is 0 Å². The van der Waals surface area contributed by atoms with Crippen molar-refractivity contribution >= 4 is 21.9 Å². The highest BCUT2D eigenvalue weighted by Crippen LogP contribution is 2.22. The Kier molecular flexibility index (Phi) is 4.90. The Morgan fingerprint density at radius 2 is 2.42 bits per heavy atom. The lowest BCUT2D eigenvalue weighted by atomic mass is 10.1. The van der Waals surface area contributed by atoms with Crippen LogP contribution in [0.4, 0.5) is 4.39 Å². The summed E-state index contributed by atoms with van der Waals surface area (Å²) in [6.07, 6.45) is 2.00. The van der Waals surface area contributed by atoms with Gasteiger partial charge in [0, 0.05) is 13.2 Å². The van der Waals surface area contributed by atoms with Gasteiger partial charge in [-0.1, -0.05) is 6.07 Å². The molecule has 6 heteroatoms. The van der Waals surface area contributed by atoms with Crippen LogP contribution in [0.25, 0.3) is 0 Å². The van der Waals surface area contributed by atoms with E-state index in [1.54, 1.807) is 0 Å². The van der Waals surface area contributed by atoms with E-state index in [1.807, 2.05) is 0 Å². The van der Waals surface area contributed by atoms with E-state index in [1.165, 1.54) is 18.2 Å². The summed E-state index contributed by atoms with van der Waals surface area (Å²) in [4.78, 5) is 11.3. The van der Waals surface area contributed by atoms with Gasteiger partial charge in [-0.3, -0.25) is 10.1 Å². The highest BCUT2D eigenvalue weighted by Gasteiger charge is 2.23. The SMILES string of the molecule is O=C(O)C(NCC1CCCO1)c1ccc(F)c(Br)c1. The van der Waals surface area contributed by atoms with E-state index >= 15 is 0 Å². The summed E-state index contributed by atoms with van der Waals surface area (Å²) in [5.41, 5.74) is 0.513. The molecule has 104 valence electrons. The quantitative estimate of drug-likeness (QED) is 0.870. The van der Waals surface area contributed by atoms with Gasteiger partial charge in [-0.15, -0.1) is 0 Å². The van der Waals surface area contributed by atoms with Gasteiger partial charge in [0.15, 0.2) is 0 Å². The Bertz CT molecular complexity index is 463. The molecule has 0 aromatic heterocycles. The first-order chi connectivity index (χ1) is 9.08. The average Bonchev–Trinajstić information content (AvgIpc) is 2.86. The number of ether oxygens (including phenoxy) is 1. The lowest BCUT2D eigenvalue weighted by molar-refractivity contribution is -0.139. The molecule has 1 aromatic rings. The van der Waals surface area contributed by atoms with Gasteiger partial charge in [0.1, 0.15) is 11.9 Å². The Hall–Kier alpha value is -0.980. The maximum atomic E-state index is 13.2. The molecule has 19 heavy (non-hydrogen) atoms. The van der Waals surface area contributed by atoms with Crippen LogP contribution in [-0.2, 0) is 9.53 Å². The third-order valence-corrected chi connectivity index (χ3v) is 3.71. The van der Waals surface area contributed by atoms with E-state index in [-0.39, 0.29) is 10.6 Å². The average molecular weight is 332 g/mol. The van der Waals surface area contributed by atoms with Gasteiger partial charge in [0.05, 0.1) is 10.6 Å². The summed E-state index contributed by atoms with van der Waals surface area (Å²) in [5.74, 6) is -1.40. The maximum Gasteiger partial charge on any atom is 0.325 e. The van der Waals surface area contributed by atoms with Crippen molar-refractivity contribution in [3.05, 3.63) is 34.1 Å². The van der Waals surface area contributed by atoms with Crippen LogP contribution in [0.5, 0.6) is 0 Å². The molecule has 1 aliphatic heterocycles. The van der Waals surface area contributed by atoms with Gasteiger partial charge in [-0.25, -0.2) is 4.39 Å². The number of hydrogen-bond donors (Lipinski definition) is 2. The number of aliphatic carboxylic acids is 1. The summed E-state index contributed by atoms with van der Waals surface area (Å²) >= 11 is 3.06. The smallest absolute Gasteiger partial charge is 0.325 e. The normalized spacial score (nSPS) is 20.4. The van der Waals surface area contributed by atoms with Crippen molar-refractivity contribution in [2.75, 3.05) is 13.2 Å². The minimum atomic E-state index is -0.989. The molecule has 4 nitrogen and oxygen atoms in total. The predicted molar refractivity (Wildman–Crippen MR) is 71.5 cm³/mol. The van der Waals surface area contributed by atoms with Crippen LogP contribution in [0.15, 0.2) is 22.7 Å². The fourth-order valence-corrected chi connectivity index (χ4v) is 2.49. The molecule has 2 atom stereocenters. The van der Waals surface area contributed by atoms with E-state index in [4.69, 9.17) is 4.74 Å². The summed E-state index contributed by atoms with van der Waals surface area (Å²) in [6, 6.07) is 3.35. The number of nitrogens with one attached hydrogen (secondary N) is 1. The second-order valence-corrected chi connectivity index (χ2v) is 5.34. The Balaban J connectivity index is 2.05. The highest BCUT2D eigenvalue weighted by molar-refractivity contribution is 9.10. The number of benzene rings is 1. The number of carboxylic acid groups (broad SMARTS) is 1. The number of rotatable bonds is 5. The number of hydrogen-bond acceptors (Lipinski definition) is 3. The molecule has 1 saturated heterocycles. The minimum Gasteiger partial charge on any atom is -0.480 e. The Labute approximate surface area is 119 Å². The fraction of sp³-hybridized carbons (Fsp3) is 0.462. The molecule has 2 unspecified atom stereocenters. The molecular formula is C13H15BrFNO3. The van der Waals surface area contributed by atoms with Gasteiger partial charge >= 0.3 is 5.97 Å². The van der Waals surface area contributed by atoms with E-state index in [0.717, 1.165) is 19.4 Å². The van der Waals surface area contributed by atoms with E-state index in [0.29, 0.717) is 12.1 Å². The van der Waals surface area contributed by atoms with Gasteiger partial charge in [-0.05, 0) is 46.5 Å². The van der Waals surface area contributed by atoms with Crippen molar-refractivity contribution < 1.29 is 19.0 Å². The molecule has 1 aromatic carbocycles. The van der Waals surface area contributed by atoms with Gasteiger partial charge < -0.3 is 9.84 Å². The van der Waals surface area contributed by atoms with Crippen LogP contribution in [-0.4, -0.2) is 30.3 Å². The zero-order valence-electron chi connectivity index (χ0n) is 10.2. The fourth-order valence-electron chi connectivity index (χ4n) is 2.09. The number of carboxylic acids is 1. The predicted octanol–water partition coefficient (Wildman–Crippen LogP) is 2.48. The van der Waals surface area contributed by atoms with Crippen LogP contribution in [0.3, 0.4) is 0 Å². The molecule has 1 fully saturated rings. The molecule has 2 rings (SSSR count). The molecule has 1 aliphatic rings. The van der Waals surface area contributed by atoms with Gasteiger partial charge in [0.25, 0.3) is 0 Å². The van der Waals surface area contributed by atoms with Gasteiger partial charge in [-0.2, -0.15) is 0 Å². The van der Waals surface area contributed by atoms with E-state index in [9.17, 15) is 14.3 Å². The van der Waals surface area contributed by atoms with Crippen LogP contribution >= 0.6 is 15.9 Å². The van der Waals surface area contributed by atoms with Gasteiger partial charge in [0.2, 0.25) is 0 Å². The van der Waals surface area contributed by atoms with Crippen LogP contribution in [0.2, 0.25) is 0 Å². The highest BCUT2D eigenvalue weighted by atomic mass is 79.9. The zero-order valence-corrected chi connectivity index (χ0v) is 11.8. The molecule has 0 radical (unpaired) electrons. The lowest BCUT2D eigenvalue weighted by Crippen LogP contribution is -2.34. The summed E-state index contributed by atoms with van der Waals surface area (Å²) in [5, 5.41) is 12.2. The molecule has 0 bridgehead atoms. The van der Waals surface area contributed by atoms with Crippen molar-refractivity contribution in [1.82, 2.24) is 5.32 Å². The maximum absolute atomic E-state index is 13.2. The monoisotopic (exact) mass is 331 g/mol. The molecule has 0 amide bonds. The van der Waals surface area contributed by atoms with E-state index in [2.05, 4.69) is 21.2 Å². The van der Waals surface area contributed by atoms with Crippen LogP contribution in [0, 0.1) is 5.82 Å². The second kappa shape index (κ2) is 6.45. The van der Waals surface area contributed by atoms with E-state index < -0.39 is 17.8 Å². The van der Waals surface area contributed by atoms with Crippen molar-refractivity contribution in [2.24, 2.45) is 0 Å². The van der Waals surface area contributed by atoms with Crippen molar-refractivity contribution in [3.63, 3.8) is 0 Å². The zero-order chi connectivity index (χ0) is 13.8. The lowest BCUT2D eigenvalue weighted by Gasteiger charge is -2.18. The standard InChI is InChI=1S/C13H15BrFNO3/c14-10-6-8(3-4-11(10)15)12(13(17)18)16-7-9-2-1-5-19-9/h3-4,6,9,12,16H,1-2,5,7H2,(H,17,18). The third-order valence-electron chi connectivity index (χ3n) is 3.10. The van der Waals surface area contributed by atoms with Crippen LogP contribution in [0.1, 0.15) is 24.4 Å². The molecular weight excluding hydrogens is 317 g/mol. The number of carbonyl (C=O) groups is 1. The first-order valence-electron chi connectivity index (χ1n) is 6.10. The molecule has 0 aliphatic carbocycles. The van der Waals surface area contributed by atoms with Crippen LogP contribution < -0.4 is 5.32 Å². The molecule has 0 saturated carbocycles. The second-order valence-electron chi connectivity index (χ2n) is 4.49. The summed E-state index contributed by atoms with van der Waals surface area (Å²) < 4.78 is 18.9. The Morgan fingerprint density at radius 1 is 1.63 bits per heavy atom. The molecule has 2 N–H and O–H groups in total. The topological polar surface area (TPSA) is 58.6 Å². The van der Waals surface area contributed by atoms with Crippen molar-refractivity contribution in [1.29, 1.82) is 0 Å². The van der Waals surface area contributed by atoms with Crippen molar-refractivity contribution in [2.45, 2.75) is 25.0 Å². The third kappa shape index (κ3) is 3.75.